The molecule has 1 aliphatic heterocycles. The lowest BCUT2D eigenvalue weighted by Crippen LogP contribution is -2.31. The minimum atomic E-state index is 0.377. The van der Waals surface area contributed by atoms with Gasteiger partial charge in [-0.05, 0) is 18.6 Å². The molecule has 0 bridgehead atoms. The molecule has 1 atom stereocenters. The third-order valence-corrected chi connectivity index (χ3v) is 4.11. The van der Waals surface area contributed by atoms with E-state index in [1.807, 2.05) is 20.2 Å². The molecule has 1 aromatic carbocycles. The second-order valence-electron chi connectivity index (χ2n) is 4.60. The number of benzene rings is 1. The number of guanidine groups is 1. The number of likely N-dealkylation sites (N-methyl/N-ethyl adjacent to an activating group) is 2. The third kappa shape index (κ3) is 3.10. The van der Waals surface area contributed by atoms with Gasteiger partial charge in [-0.2, -0.15) is 0 Å². The molecule has 1 fully saturated rings. The van der Waals surface area contributed by atoms with Gasteiger partial charge in [0.2, 0.25) is 5.96 Å². The van der Waals surface area contributed by atoms with E-state index in [2.05, 4.69) is 14.8 Å². The SMILES string of the molecule is CN1CC(CCCl)N(C)/C1=N\c1c(Cl)cccc1Cl. The Kier molecular flexibility index (Phi) is 4.82. The molecule has 1 saturated heterocycles. The van der Waals surface area contributed by atoms with E-state index in [1.165, 1.54) is 0 Å². The molecule has 1 heterocycles. The van der Waals surface area contributed by atoms with E-state index >= 15 is 0 Å². The van der Waals surface area contributed by atoms with Crippen LogP contribution in [-0.2, 0) is 0 Å². The molecule has 0 amide bonds. The number of hydrogen-bond acceptors (Lipinski definition) is 1. The Morgan fingerprint density at radius 2 is 1.89 bits per heavy atom. The molecule has 0 aromatic heterocycles. The topological polar surface area (TPSA) is 18.8 Å². The molecule has 19 heavy (non-hydrogen) atoms. The summed E-state index contributed by atoms with van der Waals surface area (Å²) in [7, 11) is 4.03. The Balaban J connectivity index is 2.33. The minimum absolute atomic E-state index is 0.377. The summed E-state index contributed by atoms with van der Waals surface area (Å²) in [6.07, 6.45) is 0.928. The van der Waals surface area contributed by atoms with Crippen molar-refractivity contribution in [3.63, 3.8) is 0 Å². The Hall–Kier alpha value is -0.640. The summed E-state index contributed by atoms with van der Waals surface area (Å²) < 4.78 is 0. The van der Waals surface area contributed by atoms with Crippen molar-refractivity contribution < 1.29 is 0 Å². The van der Waals surface area contributed by atoms with Gasteiger partial charge in [0.05, 0.1) is 16.1 Å². The summed E-state index contributed by atoms with van der Waals surface area (Å²) in [6.45, 7) is 0.907. The molecular formula is C13H16Cl3N3. The zero-order valence-corrected chi connectivity index (χ0v) is 13.2. The number of aliphatic imine (C=N–C) groups is 1. The van der Waals surface area contributed by atoms with Crippen LogP contribution in [-0.4, -0.2) is 48.3 Å². The zero-order valence-electron chi connectivity index (χ0n) is 10.9. The first-order valence-electron chi connectivity index (χ1n) is 6.07. The Morgan fingerprint density at radius 3 is 2.47 bits per heavy atom. The van der Waals surface area contributed by atoms with E-state index in [0.29, 0.717) is 27.7 Å². The number of hydrogen-bond donors (Lipinski definition) is 0. The molecule has 1 aromatic rings. The van der Waals surface area contributed by atoms with Crippen LogP contribution in [0.2, 0.25) is 10.0 Å². The van der Waals surface area contributed by atoms with Crippen molar-refractivity contribution >= 4 is 46.4 Å². The quantitative estimate of drug-likeness (QED) is 0.788. The van der Waals surface area contributed by atoms with Crippen LogP contribution in [0.15, 0.2) is 23.2 Å². The van der Waals surface area contributed by atoms with E-state index in [-0.39, 0.29) is 0 Å². The first-order chi connectivity index (χ1) is 9.04. The van der Waals surface area contributed by atoms with Crippen LogP contribution >= 0.6 is 34.8 Å². The molecule has 104 valence electrons. The fourth-order valence-corrected chi connectivity index (χ4v) is 2.96. The van der Waals surface area contributed by atoms with Crippen LogP contribution in [0.3, 0.4) is 0 Å². The van der Waals surface area contributed by atoms with Crippen molar-refractivity contribution in [2.45, 2.75) is 12.5 Å². The molecule has 2 rings (SSSR count). The van der Waals surface area contributed by atoms with E-state index in [9.17, 15) is 0 Å². The largest absolute Gasteiger partial charge is 0.344 e. The summed E-state index contributed by atoms with van der Waals surface area (Å²) in [5.41, 5.74) is 0.617. The Bertz CT molecular complexity index is 470. The van der Waals surface area contributed by atoms with Crippen LogP contribution in [0.1, 0.15) is 6.42 Å². The highest BCUT2D eigenvalue weighted by atomic mass is 35.5. The Labute approximate surface area is 128 Å². The smallest absolute Gasteiger partial charge is 0.201 e. The Morgan fingerprint density at radius 1 is 1.26 bits per heavy atom. The average Bonchev–Trinajstić information content (AvgIpc) is 2.61. The monoisotopic (exact) mass is 319 g/mol. The van der Waals surface area contributed by atoms with Crippen molar-refractivity contribution in [1.82, 2.24) is 9.80 Å². The molecule has 0 spiro atoms. The summed E-state index contributed by atoms with van der Waals surface area (Å²) in [6, 6.07) is 5.77. The zero-order chi connectivity index (χ0) is 14.0. The number of alkyl halides is 1. The second-order valence-corrected chi connectivity index (χ2v) is 5.80. The molecule has 1 unspecified atom stereocenters. The molecule has 1 aliphatic rings. The molecule has 3 nitrogen and oxygen atoms in total. The number of rotatable bonds is 3. The lowest BCUT2D eigenvalue weighted by molar-refractivity contribution is 0.390. The van der Waals surface area contributed by atoms with Crippen molar-refractivity contribution in [3.05, 3.63) is 28.2 Å². The fraction of sp³-hybridized carbons (Fsp3) is 0.462. The normalized spacial score (nSPS) is 21.5. The molecule has 6 heteroatoms. The first kappa shape index (κ1) is 14.8. The third-order valence-electron chi connectivity index (χ3n) is 3.28. The number of para-hydroxylation sites is 1. The molecule has 0 radical (unpaired) electrons. The standard InChI is InChI=1S/C13H16Cl3N3/c1-18-8-9(6-7-14)19(2)13(18)17-12-10(15)4-3-5-11(12)16/h3-5,9H,6-8H2,1-2H3/b17-13-. The van der Waals surface area contributed by atoms with Crippen molar-refractivity contribution in [3.8, 4) is 0 Å². The highest BCUT2D eigenvalue weighted by Crippen LogP contribution is 2.33. The molecule has 0 N–H and O–H groups in total. The van der Waals surface area contributed by atoms with E-state index < -0.39 is 0 Å². The van der Waals surface area contributed by atoms with Crippen LogP contribution in [0, 0.1) is 0 Å². The van der Waals surface area contributed by atoms with Gasteiger partial charge < -0.3 is 9.80 Å². The number of halogens is 3. The van der Waals surface area contributed by atoms with Crippen LogP contribution < -0.4 is 0 Å². The van der Waals surface area contributed by atoms with Gasteiger partial charge in [0.25, 0.3) is 0 Å². The maximum Gasteiger partial charge on any atom is 0.201 e. The van der Waals surface area contributed by atoms with Crippen LogP contribution in [0.5, 0.6) is 0 Å². The van der Waals surface area contributed by atoms with Crippen LogP contribution in [0.4, 0.5) is 5.69 Å². The van der Waals surface area contributed by atoms with Crippen molar-refractivity contribution in [1.29, 1.82) is 0 Å². The van der Waals surface area contributed by atoms with Crippen LogP contribution in [0.25, 0.3) is 0 Å². The van der Waals surface area contributed by atoms with Gasteiger partial charge in [-0.15, -0.1) is 11.6 Å². The highest BCUT2D eigenvalue weighted by molar-refractivity contribution is 6.38. The highest BCUT2D eigenvalue weighted by Gasteiger charge is 2.30. The number of nitrogens with zero attached hydrogens (tertiary/aromatic N) is 3. The van der Waals surface area contributed by atoms with Gasteiger partial charge in [0.15, 0.2) is 0 Å². The molecule has 0 saturated carbocycles. The maximum atomic E-state index is 6.15. The van der Waals surface area contributed by atoms with Crippen molar-refractivity contribution in [2.75, 3.05) is 26.5 Å². The average molecular weight is 321 g/mol. The minimum Gasteiger partial charge on any atom is -0.344 e. The lowest BCUT2D eigenvalue weighted by Gasteiger charge is -2.20. The van der Waals surface area contributed by atoms with E-state index in [0.717, 1.165) is 18.9 Å². The second kappa shape index (κ2) is 6.21. The van der Waals surface area contributed by atoms with Gasteiger partial charge in [-0.3, -0.25) is 0 Å². The van der Waals surface area contributed by atoms with E-state index in [1.54, 1.807) is 12.1 Å². The summed E-state index contributed by atoms with van der Waals surface area (Å²) >= 11 is 18.1. The predicted octanol–water partition coefficient (Wildman–Crippen LogP) is 3.86. The fourth-order valence-electron chi connectivity index (χ4n) is 2.22. The first-order valence-corrected chi connectivity index (χ1v) is 7.36. The van der Waals surface area contributed by atoms with Gasteiger partial charge in [0.1, 0.15) is 5.69 Å². The van der Waals surface area contributed by atoms with Gasteiger partial charge in [-0.25, -0.2) is 4.99 Å². The molecule has 0 aliphatic carbocycles. The summed E-state index contributed by atoms with van der Waals surface area (Å²) in [5.74, 6) is 1.51. The molecular weight excluding hydrogens is 305 g/mol. The lowest BCUT2D eigenvalue weighted by atomic mass is 10.2. The van der Waals surface area contributed by atoms with Gasteiger partial charge >= 0.3 is 0 Å². The maximum absolute atomic E-state index is 6.15. The van der Waals surface area contributed by atoms with E-state index in [4.69, 9.17) is 34.8 Å². The van der Waals surface area contributed by atoms with Gasteiger partial charge in [-0.1, -0.05) is 29.3 Å². The van der Waals surface area contributed by atoms with Crippen molar-refractivity contribution in [2.24, 2.45) is 4.99 Å². The summed E-state index contributed by atoms with van der Waals surface area (Å²) in [5, 5.41) is 1.12. The predicted molar refractivity (Wildman–Crippen MR) is 83.1 cm³/mol. The summed E-state index contributed by atoms with van der Waals surface area (Å²) in [4.78, 5) is 8.83. The van der Waals surface area contributed by atoms with Gasteiger partial charge in [0, 0.05) is 26.5 Å².